The van der Waals surface area contributed by atoms with E-state index in [9.17, 15) is 19.2 Å². The molecule has 2 aromatic carbocycles. The molecule has 0 radical (unpaired) electrons. The van der Waals surface area contributed by atoms with Gasteiger partial charge in [0.15, 0.2) is 5.41 Å². The highest BCUT2D eigenvalue weighted by atomic mass is 16.5. The highest BCUT2D eigenvalue weighted by Gasteiger charge is 2.55. The fourth-order valence-corrected chi connectivity index (χ4v) is 3.15. The molecule has 0 spiro atoms. The summed E-state index contributed by atoms with van der Waals surface area (Å²) in [6.07, 6.45) is 0.492. The Balaban J connectivity index is 2.76. The van der Waals surface area contributed by atoms with E-state index in [0.29, 0.717) is 12.0 Å². The largest absolute Gasteiger partial charge is 0.468 e. The fourth-order valence-electron chi connectivity index (χ4n) is 3.15. The number of hydrogen-bond donors (Lipinski definition) is 0. The Morgan fingerprint density at radius 3 is 1.96 bits per heavy atom. The average molecular weight is 358 g/mol. The molecule has 0 heterocycles. The van der Waals surface area contributed by atoms with Gasteiger partial charge in [-0.3, -0.25) is 19.2 Å². The molecule has 0 bridgehead atoms. The van der Waals surface area contributed by atoms with Crippen LogP contribution >= 0.6 is 0 Å². The van der Waals surface area contributed by atoms with Crippen LogP contribution in [0, 0.1) is 5.92 Å². The number of benzene rings is 1. The number of rotatable bonds is 7. The van der Waals surface area contributed by atoms with Crippen LogP contribution < -0.4 is 10.9 Å². The lowest BCUT2D eigenvalue weighted by Crippen LogP contribution is -2.55. The van der Waals surface area contributed by atoms with E-state index in [0.717, 1.165) is 14.2 Å². The molecule has 6 heteroatoms. The van der Waals surface area contributed by atoms with Crippen molar-refractivity contribution in [2.24, 2.45) is 5.92 Å². The molecule has 0 aliphatic rings. The van der Waals surface area contributed by atoms with Gasteiger partial charge in [-0.1, -0.05) is 44.2 Å². The van der Waals surface area contributed by atoms with E-state index in [1.807, 2.05) is 13.8 Å². The lowest BCUT2D eigenvalue weighted by molar-refractivity contribution is -0.162. The van der Waals surface area contributed by atoms with Gasteiger partial charge in [0.2, 0.25) is 10.9 Å². The number of carbonyl (C=O) groups excluding carboxylic acids is 2. The van der Waals surface area contributed by atoms with Crippen molar-refractivity contribution in [3.8, 4) is 11.1 Å². The molecule has 0 unspecified atom stereocenters. The highest BCUT2D eigenvalue weighted by molar-refractivity contribution is 6.08. The Morgan fingerprint density at radius 1 is 0.962 bits per heavy atom. The quantitative estimate of drug-likeness (QED) is 0.427. The molecular formula is C20H22O6. The normalized spacial score (nSPS) is 11.6. The van der Waals surface area contributed by atoms with Crippen LogP contribution in [0.2, 0.25) is 0 Å². The molecule has 0 aliphatic carbocycles. The minimum Gasteiger partial charge on any atom is -0.468 e. The first kappa shape index (κ1) is 19.6. The van der Waals surface area contributed by atoms with Crippen LogP contribution in [-0.4, -0.2) is 26.2 Å². The predicted molar refractivity (Wildman–Crippen MR) is 96.6 cm³/mol. The first-order valence-electron chi connectivity index (χ1n) is 8.37. The van der Waals surface area contributed by atoms with Crippen LogP contribution in [-0.2, 0) is 24.5 Å². The SMILES string of the molecule is COC(=O)C(CCC(C)C)(C(=O)OC)c1c(-c2ccccc2)c(=O)c1=O. The summed E-state index contributed by atoms with van der Waals surface area (Å²) in [5.74, 6) is -1.63. The second kappa shape index (κ2) is 7.64. The summed E-state index contributed by atoms with van der Waals surface area (Å²) < 4.78 is 9.72. The average Bonchev–Trinajstić information content (AvgIpc) is 2.66. The maximum absolute atomic E-state index is 12.7. The van der Waals surface area contributed by atoms with Gasteiger partial charge in [0.1, 0.15) is 0 Å². The van der Waals surface area contributed by atoms with Crippen molar-refractivity contribution in [3.63, 3.8) is 0 Å². The zero-order valence-corrected chi connectivity index (χ0v) is 15.3. The molecule has 0 aliphatic heterocycles. The standard InChI is InChI=1S/C20H22O6/c1-12(2)10-11-20(18(23)25-3,19(24)26-4)15-14(16(21)17(15)22)13-8-6-5-7-9-13/h5-9,12H,10-11H2,1-4H3. The Kier molecular flexibility index (Phi) is 5.75. The van der Waals surface area contributed by atoms with E-state index >= 15 is 0 Å². The maximum Gasteiger partial charge on any atom is 0.327 e. The first-order valence-corrected chi connectivity index (χ1v) is 8.37. The third-order valence-corrected chi connectivity index (χ3v) is 4.56. The molecule has 0 fully saturated rings. The minimum atomic E-state index is -1.94. The van der Waals surface area contributed by atoms with Crippen molar-refractivity contribution >= 4 is 11.9 Å². The highest BCUT2D eigenvalue weighted by Crippen LogP contribution is 2.37. The summed E-state index contributed by atoms with van der Waals surface area (Å²) >= 11 is 0. The summed E-state index contributed by atoms with van der Waals surface area (Å²) in [6.45, 7) is 3.86. The van der Waals surface area contributed by atoms with E-state index in [4.69, 9.17) is 9.47 Å². The van der Waals surface area contributed by atoms with E-state index in [2.05, 4.69) is 0 Å². The van der Waals surface area contributed by atoms with Crippen LogP contribution in [0.1, 0.15) is 32.3 Å². The zero-order valence-electron chi connectivity index (χ0n) is 15.3. The second-order valence-corrected chi connectivity index (χ2v) is 6.60. The lowest BCUT2D eigenvalue weighted by atomic mass is 9.70. The molecular weight excluding hydrogens is 336 g/mol. The molecule has 0 saturated heterocycles. The van der Waals surface area contributed by atoms with E-state index in [-0.39, 0.29) is 23.5 Å². The van der Waals surface area contributed by atoms with Crippen molar-refractivity contribution in [2.75, 3.05) is 14.2 Å². The van der Waals surface area contributed by atoms with Gasteiger partial charge in [-0.15, -0.1) is 0 Å². The maximum atomic E-state index is 12.7. The second-order valence-electron chi connectivity index (χ2n) is 6.60. The van der Waals surface area contributed by atoms with Crippen LogP contribution in [0.3, 0.4) is 0 Å². The van der Waals surface area contributed by atoms with Gasteiger partial charge in [-0.25, -0.2) is 0 Å². The number of hydrogen-bond acceptors (Lipinski definition) is 6. The molecule has 0 aromatic heterocycles. The summed E-state index contributed by atoms with van der Waals surface area (Å²) in [5, 5.41) is 0. The van der Waals surface area contributed by atoms with E-state index in [1.54, 1.807) is 30.3 Å². The first-order chi connectivity index (χ1) is 12.3. The van der Waals surface area contributed by atoms with Gasteiger partial charge in [0, 0.05) is 11.1 Å². The van der Waals surface area contributed by atoms with Crippen molar-refractivity contribution < 1.29 is 19.1 Å². The van der Waals surface area contributed by atoms with Crippen molar-refractivity contribution in [2.45, 2.75) is 32.1 Å². The van der Waals surface area contributed by atoms with Crippen molar-refractivity contribution in [1.29, 1.82) is 0 Å². The summed E-state index contributed by atoms with van der Waals surface area (Å²) in [7, 11) is 2.28. The smallest absolute Gasteiger partial charge is 0.327 e. The molecule has 26 heavy (non-hydrogen) atoms. The van der Waals surface area contributed by atoms with Crippen LogP contribution in [0.15, 0.2) is 39.9 Å². The fraction of sp³-hybridized carbons (Fsp3) is 0.400. The molecule has 0 amide bonds. The van der Waals surface area contributed by atoms with Crippen LogP contribution in [0.25, 0.3) is 11.1 Å². The summed E-state index contributed by atoms with van der Waals surface area (Å²) in [4.78, 5) is 50.1. The number of ether oxygens (including phenoxy) is 2. The van der Waals surface area contributed by atoms with E-state index in [1.165, 1.54) is 0 Å². The third-order valence-electron chi connectivity index (χ3n) is 4.56. The van der Waals surface area contributed by atoms with Gasteiger partial charge in [-0.2, -0.15) is 0 Å². The topological polar surface area (TPSA) is 86.7 Å². The van der Waals surface area contributed by atoms with E-state index < -0.39 is 28.2 Å². The molecule has 0 N–H and O–H groups in total. The van der Waals surface area contributed by atoms with Gasteiger partial charge in [0.25, 0.3) is 0 Å². The molecule has 0 atom stereocenters. The monoisotopic (exact) mass is 358 g/mol. The van der Waals surface area contributed by atoms with Crippen molar-refractivity contribution in [1.82, 2.24) is 0 Å². The van der Waals surface area contributed by atoms with Crippen molar-refractivity contribution in [3.05, 3.63) is 56.3 Å². The Hall–Kier alpha value is -2.76. The van der Waals surface area contributed by atoms with Gasteiger partial charge >= 0.3 is 11.9 Å². The van der Waals surface area contributed by atoms with Crippen LogP contribution in [0.5, 0.6) is 0 Å². The van der Waals surface area contributed by atoms with Gasteiger partial charge in [0.05, 0.1) is 14.2 Å². The third kappa shape index (κ3) is 3.07. The molecule has 2 aromatic rings. The van der Waals surface area contributed by atoms with Crippen LogP contribution in [0.4, 0.5) is 0 Å². The molecule has 6 nitrogen and oxygen atoms in total. The molecule has 0 saturated carbocycles. The van der Waals surface area contributed by atoms with Gasteiger partial charge in [-0.05, 0) is 24.3 Å². The molecule has 2 rings (SSSR count). The zero-order chi connectivity index (χ0) is 19.5. The predicted octanol–water partition coefficient (Wildman–Crippen LogP) is 1.97. The lowest BCUT2D eigenvalue weighted by Gasteiger charge is -2.31. The minimum absolute atomic E-state index is 0.0225. The van der Waals surface area contributed by atoms with Gasteiger partial charge < -0.3 is 9.47 Å². The number of carbonyl (C=O) groups is 2. The Labute approximate surface area is 151 Å². The number of esters is 2. The number of methoxy groups -OCH3 is 2. The summed E-state index contributed by atoms with van der Waals surface area (Å²) in [5.41, 5.74) is -3.07. The summed E-state index contributed by atoms with van der Waals surface area (Å²) in [6, 6.07) is 8.49. The Bertz CT molecular complexity index is 856. The molecule has 138 valence electrons. The Morgan fingerprint density at radius 2 is 1.50 bits per heavy atom.